The first-order valence-corrected chi connectivity index (χ1v) is 15.3. The van der Waals surface area contributed by atoms with E-state index in [0.717, 1.165) is 64.1 Å². The van der Waals surface area contributed by atoms with Crippen LogP contribution in [0, 0.1) is 11.8 Å². The highest BCUT2D eigenvalue weighted by Gasteiger charge is 2.31. The summed E-state index contributed by atoms with van der Waals surface area (Å²) in [7, 11) is 0. The smallest absolute Gasteiger partial charge is 0.324 e. The van der Waals surface area contributed by atoms with Gasteiger partial charge in [-0.2, -0.15) is 0 Å². The summed E-state index contributed by atoms with van der Waals surface area (Å²) in [5, 5.41) is 6.36. The number of hydrogen-bond acceptors (Lipinski definition) is 9. The number of ether oxygens (including phenoxy) is 3. The van der Waals surface area contributed by atoms with E-state index in [1.807, 2.05) is 41.5 Å². The molecule has 2 saturated carbocycles. The largest absolute Gasteiger partial charge is 0.465 e. The van der Waals surface area contributed by atoms with E-state index in [1.54, 1.807) is 0 Å². The minimum Gasteiger partial charge on any atom is -0.465 e. The van der Waals surface area contributed by atoms with Crippen LogP contribution in [0.4, 0.5) is 0 Å². The van der Waals surface area contributed by atoms with Crippen molar-refractivity contribution in [3.8, 4) is 0 Å². The van der Waals surface area contributed by atoms with Gasteiger partial charge in [-0.1, -0.05) is 12.8 Å². The van der Waals surface area contributed by atoms with Crippen LogP contribution in [0.2, 0.25) is 0 Å². The monoisotopic (exact) mass is 566 g/mol. The number of rotatable bonds is 13. The molecule has 0 spiro atoms. The van der Waals surface area contributed by atoms with E-state index in [1.165, 1.54) is 6.42 Å². The van der Waals surface area contributed by atoms with E-state index >= 15 is 0 Å². The first kappa shape index (κ1) is 34.2. The molecule has 0 aromatic heterocycles. The molecule has 2 rings (SSSR count). The van der Waals surface area contributed by atoms with Gasteiger partial charge < -0.3 is 24.3 Å². The summed E-state index contributed by atoms with van der Waals surface area (Å²) >= 11 is 0. The van der Waals surface area contributed by atoms with Crippen LogP contribution in [-0.2, 0) is 33.4 Å². The molecule has 0 aliphatic heterocycles. The predicted octanol–water partition coefficient (Wildman–Crippen LogP) is 4.64. The molecule has 0 bridgehead atoms. The summed E-state index contributed by atoms with van der Waals surface area (Å²) in [6, 6.07) is -1.30. The van der Waals surface area contributed by atoms with Gasteiger partial charge in [0, 0.05) is 11.1 Å². The van der Waals surface area contributed by atoms with E-state index in [9.17, 15) is 19.2 Å². The van der Waals surface area contributed by atoms with Crippen molar-refractivity contribution >= 4 is 24.2 Å². The quantitative estimate of drug-likeness (QED) is 0.142. The third-order valence-corrected chi connectivity index (χ3v) is 7.43. The molecule has 4 unspecified atom stereocenters. The van der Waals surface area contributed by atoms with Crippen molar-refractivity contribution in [2.24, 2.45) is 11.8 Å². The third-order valence-electron chi connectivity index (χ3n) is 7.43. The molecular weight excluding hydrogens is 512 g/mol. The van der Waals surface area contributed by atoms with Crippen molar-refractivity contribution in [2.75, 3.05) is 13.2 Å². The lowest BCUT2D eigenvalue weighted by Gasteiger charge is -2.29. The van der Waals surface area contributed by atoms with Gasteiger partial charge in [-0.05, 0) is 105 Å². The van der Waals surface area contributed by atoms with Gasteiger partial charge in [0.15, 0.2) is 0 Å². The SMILES string of the molecule is CC(C)(C)NC(C=O)CC(=O)OCC1CCCC(COC(=O)CC(NC(C)(C)C)C(=O)OC2CCCCC2)CC1. The maximum Gasteiger partial charge on any atom is 0.324 e. The summed E-state index contributed by atoms with van der Waals surface area (Å²) in [6.07, 6.45) is 10.3. The molecule has 230 valence electrons. The highest BCUT2D eigenvalue weighted by atomic mass is 16.5. The molecule has 0 radical (unpaired) electrons. The van der Waals surface area contributed by atoms with Crippen molar-refractivity contribution in [3.63, 3.8) is 0 Å². The molecular formula is C31H54N2O7. The second-order valence-electron chi connectivity index (χ2n) is 13.8. The molecule has 0 saturated heterocycles. The van der Waals surface area contributed by atoms with E-state index in [4.69, 9.17) is 14.2 Å². The van der Waals surface area contributed by atoms with Gasteiger partial charge >= 0.3 is 17.9 Å². The number of nitrogens with one attached hydrogen (secondary N) is 2. The van der Waals surface area contributed by atoms with E-state index in [2.05, 4.69) is 10.6 Å². The van der Waals surface area contributed by atoms with Gasteiger partial charge in [0.25, 0.3) is 0 Å². The molecule has 4 atom stereocenters. The van der Waals surface area contributed by atoms with Gasteiger partial charge in [0.2, 0.25) is 0 Å². The average Bonchev–Trinajstić information content (AvgIpc) is 3.09. The fourth-order valence-corrected chi connectivity index (χ4v) is 5.51. The zero-order chi connectivity index (χ0) is 29.8. The fourth-order valence-electron chi connectivity index (χ4n) is 5.51. The molecule has 40 heavy (non-hydrogen) atoms. The van der Waals surface area contributed by atoms with Gasteiger partial charge in [0.1, 0.15) is 18.4 Å². The third kappa shape index (κ3) is 14.6. The van der Waals surface area contributed by atoms with Crippen LogP contribution in [0.3, 0.4) is 0 Å². The molecule has 0 heterocycles. The van der Waals surface area contributed by atoms with Gasteiger partial charge in [0.05, 0.1) is 32.1 Å². The Bertz CT molecular complexity index is 811. The van der Waals surface area contributed by atoms with E-state index in [0.29, 0.717) is 13.2 Å². The highest BCUT2D eigenvalue weighted by molar-refractivity contribution is 5.83. The van der Waals surface area contributed by atoms with Crippen molar-refractivity contribution in [1.82, 2.24) is 10.6 Å². The molecule has 2 N–H and O–H groups in total. The maximum atomic E-state index is 12.9. The molecule has 0 amide bonds. The minimum atomic E-state index is -0.736. The normalized spacial score (nSPS) is 22.4. The number of aldehydes is 1. The van der Waals surface area contributed by atoms with Gasteiger partial charge in [-0.3, -0.25) is 19.7 Å². The fraction of sp³-hybridized carbons (Fsp3) is 0.871. The number of hydrogen-bond donors (Lipinski definition) is 2. The van der Waals surface area contributed by atoms with Crippen LogP contribution in [0.5, 0.6) is 0 Å². The molecule has 9 nitrogen and oxygen atoms in total. The van der Waals surface area contributed by atoms with Gasteiger partial charge in [-0.25, -0.2) is 0 Å². The molecule has 2 fully saturated rings. The van der Waals surface area contributed by atoms with E-state index < -0.39 is 18.1 Å². The first-order chi connectivity index (χ1) is 18.7. The Hall–Kier alpha value is -2.00. The van der Waals surface area contributed by atoms with Crippen LogP contribution >= 0.6 is 0 Å². The second-order valence-corrected chi connectivity index (χ2v) is 13.8. The highest BCUT2D eigenvalue weighted by Crippen LogP contribution is 2.28. The molecule has 9 heteroatoms. The lowest BCUT2D eigenvalue weighted by atomic mass is 9.97. The topological polar surface area (TPSA) is 120 Å². The number of carbonyl (C=O) groups excluding carboxylic acids is 4. The zero-order valence-corrected chi connectivity index (χ0v) is 25.7. The molecule has 0 aromatic carbocycles. The number of carbonyl (C=O) groups is 4. The van der Waals surface area contributed by atoms with Crippen LogP contribution in [0.25, 0.3) is 0 Å². The van der Waals surface area contributed by atoms with E-state index in [-0.39, 0.29) is 53.8 Å². The Morgan fingerprint density at radius 3 is 1.75 bits per heavy atom. The average molecular weight is 567 g/mol. The van der Waals surface area contributed by atoms with Crippen molar-refractivity contribution < 1.29 is 33.4 Å². The Balaban J connectivity index is 1.75. The Morgan fingerprint density at radius 2 is 1.25 bits per heavy atom. The Kier molecular flexibility index (Phi) is 14.1. The summed E-state index contributed by atoms with van der Waals surface area (Å²) in [6.45, 7) is 12.4. The van der Waals surface area contributed by atoms with Crippen LogP contribution in [0.1, 0.15) is 119 Å². The van der Waals surface area contributed by atoms with Crippen molar-refractivity contribution in [3.05, 3.63) is 0 Å². The lowest BCUT2D eigenvalue weighted by Crippen LogP contribution is -2.50. The van der Waals surface area contributed by atoms with Crippen molar-refractivity contribution in [1.29, 1.82) is 0 Å². The minimum absolute atomic E-state index is 0.0192. The lowest BCUT2D eigenvalue weighted by molar-refractivity contribution is -0.158. The Labute approximate surface area is 241 Å². The van der Waals surface area contributed by atoms with Crippen LogP contribution < -0.4 is 10.6 Å². The molecule has 2 aliphatic rings. The summed E-state index contributed by atoms with van der Waals surface area (Å²) in [4.78, 5) is 49.3. The zero-order valence-electron chi connectivity index (χ0n) is 25.7. The standard InChI is InChI=1S/C31H54N2O7/c1-30(2,3)32-24(19-34)17-27(35)38-20-22-11-10-12-23(16-15-22)21-39-28(36)18-26(33-31(4,5)6)29(37)40-25-13-8-7-9-14-25/h19,22-26,32-33H,7-18,20-21H2,1-6H3. The van der Waals surface area contributed by atoms with Crippen LogP contribution in [0.15, 0.2) is 0 Å². The molecule has 0 aromatic rings. The maximum absolute atomic E-state index is 12.9. The first-order valence-electron chi connectivity index (χ1n) is 15.3. The molecule has 2 aliphatic carbocycles. The second kappa shape index (κ2) is 16.4. The van der Waals surface area contributed by atoms with Crippen molar-refractivity contribution in [2.45, 2.75) is 148 Å². The Morgan fingerprint density at radius 1 is 0.725 bits per heavy atom. The summed E-state index contributed by atoms with van der Waals surface area (Å²) in [5.74, 6) is -0.651. The van der Waals surface area contributed by atoms with Crippen LogP contribution in [-0.4, -0.2) is 66.7 Å². The summed E-state index contributed by atoms with van der Waals surface area (Å²) < 4.78 is 16.9. The summed E-state index contributed by atoms with van der Waals surface area (Å²) in [5.41, 5.74) is -0.624. The number of esters is 3. The predicted molar refractivity (Wildman–Crippen MR) is 154 cm³/mol. The van der Waals surface area contributed by atoms with Gasteiger partial charge in [-0.15, -0.1) is 0 Å².